The van der Waals surface area contributed by atoms with Crippen LogP contribution in [0.5, 0.6) is 0 Å². The third kappa shape index (κ3) is 7.51. The van der Waals surface area contributed by atoms with Crippen LogP contribution in [-0.2, 0) is 9.59 Å². The van der Waals surface area contributed by atoms with Gasteiger partial charge in [-0.3, -0.25) is 9.59 Å². The molecular weight excluding hydrogens is 188 g/mol. The summed E-state index contributed by atoms with van der Waals surface area (Å²) >= 11 is 0. The molecule has 0 aromatic heterocycles. The van der Waals surface area contributed by atoms with Crippen molar-refractivity contribution in [1.82, 2.24) is 5.32 Å². The summed E-state index contributed by atoms with van der Waals surface area (Å²) < 4.78 is 0. The predicted molar refractivity (Wildman–Crippen MR) is 50.0 cm³/mol. The molecule has 6 heteroatoms. The Balaban J connectivity index is 3.21. The van der Waals surface area contributed by atoms with Crippen LogP contribution in [-0.4, -0.2) is 41.3 Å². The number of rotatable bonds is 8. The lowest BCUT2D eigenvalue weighted by Crippen LogP contribution is -2.30. The highest BCUT2D eigenvalue weighted by atomic mass is 16.4. The molecule has 0 aliphatic heterocycles. The first-order valence-electron chi connectivity index (χ1n) is 4.45. The highest BCUT2D eigenvalue weighted by Gasteiger charge is 2.09. The maximum Gasteiger partial charge on any atom is 0.320 e. The molecule has 5 N–H and O–H groups in total. The zero-order valence-electron chi connectivity index (χ0n) is 7.90. The fraction of sp³-hybridized carbons (Fsp3) is 0.750. The van der Waals surface area contributed by atoms with Crippen molar-refractivity contribution in [1.29, 1.82) is 0 Å². The Morgan fingerprint density at radius 2 is 1.93 bits per heavy atom. The molecule has 0 aromatic carbocycles. The van der Waals surface area contributed by atoms with E-state index in [-0.39, 0.29) is 6.54 Å². The minimum Gasteiger partial charge on any atom is -0.480 e. The lowest BCUT2D eigenvalue weighted by molar-refractivity contribution is -0.138. The van der Waals surface area contributed by atoms with Gasteiger partial charge >= 0.3 is 11.9 Å². The van der Waals surface area contributed by atoms with Gasteiger partial charge in [0.2, 0.25) is 0 Å². The van der Waals surface area contributed by atoms with Crippen molar-refractivity contribution in [3.8, 4) is 0 Å². The van der Waals surface area contributed by atoms with Crippen molar-refractivity contribution >= 4 is 11.9 Å². The number of unbranched alkanes of at least 4 members (excludes halogenated alkanes) is 1. The summed E-state index contributed by atoms with van der Waals surface area (Å²) in [5.41, 5.74) is 5.27. The smallest absolute Gasteiger partial charge is 0.320 e. The zero-order valence-corrected chi connectivity index (χ0v) is 7.90. The van der Waals surface area contributed by atoms with E-state index in [1.807, 2.05) is 0 Å². The van der Waals surface area contributed by atoms with Gasteiger partial charge in [0.1, 0.15) is 6.04 Å². The summed E-state index contributed by atoms with van der Waals surface area (Å²) in [6, 6.07) is -0.811. The van der Waals surface area contributed by atoms with Crippen LogP contribution in [0.3, 0.4) is 0 Å². The predicted octanol–water partition coefficient (Wildman–Crippen LogP) is -0.757. The molecule has 0 radical (unpaired) electrons. The van der Waals surface area contributed by atoms with Crippen molar-refractivity contribution < 1.29 is 19.8 Å². The van der Waals surface area contributed by atoms with Gasteiger partial charge in [-0.25, -0.2) is 0 Å². The largest absolute Gasteiger partial charge is 0.480 e. The third-order valence-electron chi connectivity index (χ3n) is 1.71. The van der Waals surface area contributed by atoms with E-state index in [9.17, 15) is 9.59 Å². The molecule has 0 aliphatic rings. The monoisotopic (exact) mass is 204 g/mol. The van der Waals surface area contributed by atoms with E-state index in [1.165, 1.54) is 0 Å². The summed E-state index contributed by atoms with van der Waals surface area (Å²) in [5, 5.41) is 19.4. The van der Waals surface area contributed by atoms with Gasteiger partial charge in [-0.15, -0.1) is 0 Å². The quantitative estimate of drug-likeness (QED) is 0.387. The zero-order chi connectivity index (χ0) is 11.0. The number of carbonyl (C=O) groups is 2. The number of nitrogens with one attached hydrogen (secondary N) is 1. The van der Waals surface area contributed by atoms with E-state index in [0.717, 1.165) is 6.42 Å². The molecule has 82 valence electrons. The maximum absolute atomic E-state index is 10.3. The lowest BCUT2D eigenvalue weighted by Gasteiger charge is -2.05. The summed E-state index contributed by atoms with van der Waals surface area (Å²) in [7, 11) is 0. The van der Waals surface area contributed by atoms with Crippen LogP contribution in [0.25, 0.3) is 0 Å². The van der Waals surface area contributed by atoms with Crippen LogP contribution >= 0.6 is 0 Å². The van der Waals surface area contributed by atoms with Gasteiger partial charge in [0.25, 0.3) is 0 Å². The Kier molecular flexibility index (Phi) is 6.69. The van der Waals surface area contributed by atoms with Crippen molar-refractivity contribution in [3.05, 3.63) is 0 Å². The first-order valence-corrected chi connectivity index (χ1v) is 4.45. The average molecular weight is 204 g/mol. The normalized spacial score (nSPS) is 12.4. The van der Waals surface area contributed by atoms with E-state index in [1.54, 1.807) is 0 Å². The fourth-order valence-corrected chi connectivity index (χ4v) is 0.933. The average Bonchev–Trinajstić information content (AvgIpc) is 2.09. The van der Waals surface area contributed by atoms with E-state index in [4.69, 9.17) is 15.9 Å². The first kappa shape index (κ1) is 12.9. The number of carboxylic acids is 2. The van der Waals surface area contributed by atoms with Crippen LogP contribution in [0.15, 0.2) is 0 Å². The SMILES string of the molecule is NC(CCCCNCC(=O)O)C(=O)O. The Hall–Kier alpha value is -1.14. The second kappa shape index (κ2) is 7.28. The first-order chi connectivity index (χ1) is 6.54. The van der Waals surface area contributed by atoms with Crippen LogP contribution < -0.4 is 11.1 Å². The number of hydrogen-bond donors (Lipinski definition) is 4. The topological polar surface area (TPSA) is 113 Å². The van der Waals surface area contributed by atoms with Gasteiger partial charge < -0.3 is 21.3 Å². The van der Waals surface area contributed by atoms with Crippen LogP contribution in [0.4, 0.5) is 0 Å². The third-order valence-corrected chi connectivity index (χ3v) is 1.71. The molecular formula is C8H16N2O4. The molecule has 0 rings (SSSR count). The molecule has 0 saturated heterocycles. The van der Waals surface area contributed by atoms with E-state index in [2.05, 4.69) is 5.32 Å². The summed E-state index contributed by atoms with van der Waals surface area (Å²) in [6.07, 6.45) is 1.83. The Bertz CT molecular complexity index is 196. The van der Waals surface area contributed by atoms with Gasteiger partial charge in [-0.1, -0.05) is 6.42 Å². The molecule has 1 atom stereocenters. The molecule has 0 amide bonds. The van der Waals surface area contributed by atoms with Crippen molar-refractivity contribution in [3.63, 3.8) is 0 Å². The lowest BCUT2D eigenvalue weighted by atomic mass is 10.1. The van der Waals surface area contributed by atoms with Gasteiger partial charge in [-0.2, -0.15) is 0 Å². The van der Waals surface area contributed by atoms with Gasteiger partial charge in [0.05, 0.1) is 6.54 Å². The molecule has 1 unspecified atom stereocenters. The second-order valence-electron chi connectivity index (χ2n) is 3.01. The van der Waals surface area contributed by atoms with E-state index in [0.29, 0.717) is 19.4 Å². The standard InChI is InChI=1S/C8H16N2O4/c9-6(8(13)14)3-1-2-4-10-5-7(11)12/h6,10H,1-5,9H2,(H,11,12)(H,13,14). The van der Waals surface area contributed by atoms with Gasteiger partial charge in [0.15, 0.2) is 0 Å². The Morgan fingerprint density at radius 1 is 1.29 bits per heavy atom. The molecule has 0 aliphatic carbocycles. The van der Waals surface area contributed by atoms with Crippen molar-refractivity contribution in [2.24, 2.45) is 5.73 Å². The number of hydrogen-bond acceptors (Lipinski definition) is 4. The van der Waals surface area contributed by atoms with Crippen LogP contribution in [0, 0.1) is 0 Å². The molecule has 0 bridgehead atoms. The van der Waals surface area contributed by atoms with E-state index >= 15 is 0 Å². The number of nitrogens with two attached hydrogens (primary N) is 1. The Labute approximate surface area is 82.1 Å². The van der Waals surface area contributed by atoms with Crippen molar-refractivity contribution in [2.75, 3.05) is 13.1 Å². The summed E-state index contributed by atoms with van der Waals surface area (Å²) in [6.45, 7) is 0.504. The number of aliphatic carboxylic acids is 2. The fourth-order valence-electron chi connectivity index (χ4n) is 0.933. The van der Waals surface area contributed by atoms with Crippen LogP contribution in [0.1, 0.15) is 19.3 Å². The second-order valence-corrected chi connectivity index (χ2v) is 3.01. The molecule has 0 heterocycles. The van der Waals surface area contributed by atoms with E-state index < -0.39 is 18.0 Å². The summed E-state index contributed by atoms with van der Waals surface area (Å²) in [4.78, 5) is 20.4. The molecule has 6 nitrogen and oxygen atoms in total. The highest BCUT2D eigenvalue weighted by molar-refractivity contribution is 5.72. The Morgan fingerprint density at radius 3 is 2.43 bits per heavy atom. The summed E-state index contributed by atoms with van der Waals surface area (Å²) in [5.74, 6) is -1.89. The van der Waals surface area contributed by atoms with Gasteiger partial charge in [-0.05, 0) is 19.4 Å². The molecule has 0 saturated carbocycles. The molecule has 0 spiro atoms. The highest BCUT2D eigenvalue weighted by Crippen LogP contribution is 1.97. The minimum atomic E-state index is -0.997. The molecule has 0 fully saturated rings. The van der Waals surface area contributed by atoms with Crippen molar-refractivity contribution in [2.45, 2.75) is 25.3 Å². The minimum absolute atomic E-state index is 0.0645. The molecule has 14 heavy (non-hydrogen) atoms. The number of carboxylic acid groups (broad SMARTS) is 2. The van der Waals surface area contributed by atoms with Crippen LogP contribution in [0.2, 0.25) is 0 Å². The molecule has 0 aromatic rings. The maximum atomic E-state index is 10.3. The van der Waals surface area contributed by atoms with Gasteiger partial charge in [0, 0.05) is 0 Å².